The van der Waals surface area contributed by atoms with Gasteiger partial charge in [0.1, 0.15) is 11.9 Å². The summed E-state index contributed by atoms with van der Waals surface area (Å²) in [4.78, 5) is 23.4. The van der Waals surface area contributed by atoms with Crippen molar-refractivity contribution in [3.8, 4) is 11.5 Å². The Bertz CT molecular complexity index is 1480. The van der Waals surface area contributed by atoms with Gasteiger partial charge in [-0.15, -0.1) is 0 Å². The van der Waals surface area contributed by atoms with Gasteiger partial charge in [0, 0.05) is 17.7 Å². The molecule has 1 fully saturated rings. The molecule has 2 atom stereocenters. The van der Waals surface area contributed by atoms with Gasteiger partial charge >= 0.3 is 6.09 Å². The molecule has 206 valence electrons. The Balaban J connectivity index is 1.65. The summed E-state index contributed by atoms with van der Waals surface area (Å²) < 4.78 is 79.6. The minimum atomic E-state index is -4.36. The van der Waals surface area contributed by atoms with Gasteiger partial charge in [-0.1, -0.05) is 6.92 Å². The van der Waals surface area contributed by atoms with E-state index in [1.807, 2.05) is 0 Å². The number of rotatable bonds is 9. The van der Waals surface area contributed by atoms with Crippen LogP contribution in [-0.2, 0) is 24.8 Å². The molecule has 1 saturated carbocycles. The maximum absolute atomic E-state index is 14.0. The van der Waals surface area contributed by atoms with Crippen LogP contribution in [-0.4, -0.2) is 59.0 Å². The summed E-state index contributed by atoms with van der Waals surface area (Å²) in [6, 6.07) is 7.06. The quantitative estimate of drug-likeness (QED) is 0.409. The Morgan fingerprint density at radius 2 is 1.89 bits per heavy atom. The van der Waals surface area contributed by atoms with Crippen molar-refractivity contribution in [2.75, 3.05) is 23.3 Å². The maximum atomic E-state index is 14.0. The van der Waals surface area contributed by atoms with Gasteiger partial charge in [0.25, 0.3) is 10.0 Å². The average molecular weight is 572 g/mol. The first kappa shape index (κ1) is 27.4. The van der Waals surface area contributed by atoms with Gasteiger partial charge in [-0.3, -0.25) is 19.1 Å². The van der Waals surface area contributed by atoms with Gasteiger partial charge in [0.2, 0.25) is 15.9 Å². The van der Waals surface area contributed by atoms with Crippen LogP contribution in [0.1, 0.15) is 26.2 Å². The van der Waals surface area contributed by atoms with E-state index in [0.29, 0.717) is 12.8 Å². The molecule has 0 unspecified atom stereocenters. The summed E-state index contributed by atoms with van der Waals surface area (Å²) in [5, 5.41) is 10.6. The lowest BCUT2D eigenvalue weighted by atomic mass is 10.0. The van der Waals surface area contributed by atoms with Crippen LogP contribution in [0.4, 0.5) is 20.6 Å². The Hall–Kier alpha value is -3.59. The number of nitrogens with zero attached hydrogens (tertiary/aromatic N) is 1. The summed E-state index contributed by atoms with van der Waals surface area (Å²) in [5.74, 6) is -2.54. The third-order valence-electron chi connectivity index (χ3n) is 6.12. The zero-order chi connectivity index (χ0) is 27.8. The Kier molecular flexibility index (Phi) is 7.43. The highest BCUT2D eigenvalue weighted by atomic mass is 32.2. The summed E-state index contributed by atoms with van der Waals surface area (Å²) in [5.41, 5.74) is 0.0948. The van der Waals surface area contributed by atoms with Crippen LogP contribution in [0.15, 0.2) is 41.3 Å². The zero-order valence-electron chi connectivity index (χ0n) is 20.4. The fraction of sp³-hybridized carbons (Fsp3) is 0.391. The first-order valence-corrected chi connectivity index (χ1v) is 14.5. The fourth-order valence-corrected chi connectivity index (χ4v) is 6.91. The van der Waals surface area contributed by atoms with E-state index in [4.69, 9.17) is 14.6 Å². The van der Waals surface area contributed by atoms with Crippen molar-refractivity contribution < 1.29 is 45.4 Å². The molecule has 12 nitrogen and oxygen atoms in total. The van der Waals surface area contributed by atoms with Crippen LogP contribution < -0.4 is 23.8 Å². The van der Waals surface area contributed by atoms with Crippen molar-refractivity contribution in [1.82, 2.24) is 4.72 Å². The smallest absolute Gasteiger partial charge is 0.409 e. The highest BCUT2D eigenvalue weighted by Crippen LogP contribution is 2.40. The Morgan fingerprint density at radius 1 is 1.18 bits per heavy atom. The number of amides is 2. The minimum absolute atomic E-state index is 0.0178. The van der Waals surface area contributed by atoms with Crippen LogP contribution in [0, 0.1) is 11.7 Å². The second kappa shape index (κ2) is 10.3. The van der Waals surface area contributed by atoms with Crippen LogP contribution in [0.2, 0.25) is 0 Å². The number of halogens is 1. The molecule has 0 saturated heterocycles. The topological polar surface area (TPSA) is 168 Å². The number of fused-ring (bicyclic) bond motifs is 1. The number of carboxylic acid groups (broad SMARTS) is 1. The van der Waals surface area contributed by atoms with E-state index in [0.717, 1.165) is 22.5 Å². The average Bonchev–Trinajstić information content (AvgIpc) is 3.69. The Labute approximate surface area is 218 Å². The van der Waals surface area contributed by atoms with E-state index in [1.165, 1.54) is 32.2 Å². The highest BCUT2D eigenvalue weighted by molar-refractivity contribution is 7.92. The summed E-state index contributed by atoms with van der Waals surface area (Å²) in [6.07, 6.45) is -1.29. The molecule has 2 aliphatic rings. The molecule has 2 amide bonds. The van der Waals surface area contributed by atoms with Crippen molar-refractivity contribution in [2.24, 2.45) is 5.92 Å². The van der Waals surface area contributed by atoms with Gasteiger partial charge in [0.15, 0.2) is 11.6 Å². The molecule has 3 N–H and O–H groups in total. The second-order valence-corrected chi connectivity index (χ2v) is 12.9. The molecule has 0 spiro atoms. The standard InChI is InChI=1S/C23H26FN3O9S2/c1-13(22(28)26-37(31,32)16-4-5-16)9-15-12-27(19-10-14(25-23(29)30)3-8-20(19)36-15)38(33,34)17-6-7-18(24)21(11-17)35-2/h3,6-8,10-11,13,15-16,25H,4-5,9,12H2,1-2H3,(H,26,28)(H,29,30)/t13-,15-/m0/s1. The van der Waals surface area contributed by atoms with Crippen LogP contribution in [0.3, 0.4) is 0 Å². The number of sulfonamides is 2. The minimum Gasteiger partial charge on any atom is -0.494 e. The normalized spacial score (nSPS) is 18.1. The van der Waals surface area contributed by atoms with Gasteiger partial charge in [-0.2, -0.15) is 0 Å². The molecule has 4 rings (SSSR count). The zero-order valence-corrected chi connectivity index (χ0v) is 22.0. The molecule has 38 heavy (non-hydrogen) atoms. The summed E-state index contributed by atoms with van der Waals surface area (Å²) in [7, 11) is -6.93. The number of hydrogen-bond acceptors (Lipinski definition) is 8. The van der Waals surface area contributed by atoms with E-state index in [9.17, 15) is 30.8 Å². The van der Waals surface area contributed by atoms with E-state index >= 15 is 0 Å². The third kappa shape index (κ3) is 5.78. The monoisotopic (exact) mass is 571 g/mol. The van der Waals surface area contributed by atoms with Crippen LogP contribution in [0.5, 0.6) is 11.5 Å². The molecule has 2 aromatic carbocycles. The molecule has 1 heterocycles. The number of anilines is 2. The Morgan fingerprint density at radius 3 is 2.53 bits per heavy atom. The molecular weight excluding hydrogens is 545 g/mol. The van der Waals surface area contributed by atoms with E-state index in [2.05, 4.69) is 10.0 Å². The maximum Gasteiger partial charge on any atom is 0.409 e. The summed E-state index contributed by atoms with van der Waals surface area (Å²) in [6.45, 7) is 1.21. The molecule has 0 radical (unpaired) electrons. The second-order valence-electron chi connectivity index (χ2n) is 9.03. The number of benzene rings is 2. The first-order chi connectivity index (χ1) is 17.8. The van der Waals surface area contributed by atoms with Crippen molar-refractivity contribution in [3.63, 3.8) is 0 Å². The number of carbonyl (C=O) groups excluding carboxylic acids is 1. The van der Waals surface area contributed by atoms with E-state index in [-0.39, 0.29) is 40.7 Å². The van der Waals surface area contributed by atoms with Crippen LogP contribution in [0.25, 0.3) is 0 Å². The number of hydrogen-bond donors (Lipinski definition) is 3. The predicted molar refractivity (Wildman–Crippen MR) is 134 cm³/mol. The van der Waals surface area contributed by atoms with Gasteiger partial charge in [-0.05, 0) is 49.6 Å². The SMILES string of the molecule is COc1cc(S(=O)(=O)N2C[C@H](C[C@H](C)C(=O)NS(=O)(=O)C3CC3)Oc3ccc(NC(=O)O)cc32)ccc1F. The van der Waals surface area contributed by atoms with E-state index < -0.39 is 55.1 Å². The third-order valence-corrected chi connectivity index (χ3v) is 9.73. The highest BCUT2D eigenvalue weighted by Gasteiger charge is 2.39. The number of carbonyl (C=O) groups is 2. The van der Waals surface area contributed by atoms with Gasteiger partial charge < -0.3 is 14.6 Å². The number of methoxy groups -OCH3 is 1. The van der Waals surface area contributed by atoms with Crippen molar-refractivity contribution in [3.05, 3.63) is 42.2 Å². The molecule has 0 bridgehead atoms. The van der Waals surface area contributed by atoms with Crippen molar-refractivity contribution in [2.45, 2.75) is 42.4 Å². The van der Waals surface area contributed by atoms with Crippen molar-refractivity contribution >= 4 is 43.4 Å². The molecule has 2 aromatic rings. The number of nitrogens with one attached hydrogen (secondary N) is 2. The van der Waals surface area contributed by atoms with Gasteiger partial charge in [-0.25, -0.2) is 26.0 Å². The molecule has 15 heteroatoms. The lowest BCUT2D eigenvalue weighted by Crippen LogP contribution is -2.45. The first-order valence-electron chi connectivity index (χ1n) is 11.5. The van der Waals surface area contributed by atoms with Crippen molar-refractivity contribution in [1.29, 1.82) is 0 Å². The molecule has 1 aliphatic heterocycles. The molecular formula is C23H26FN3O9S2. The lowest BCUT2D eigenvalue weighted by Gasteiger charge is -2.36. The number of ether oxygens (including phenoxy) is 2. The van der Waals surface area contributed by atoms with Crippen LogP contribution >= 0.6 is 0 Å². The summed E-state index contributed by atoms with van der Waals surface area (Å²) >= 11 is 0. The van der Waals surface area contributed by atoms with Gasteiger partial charge in [0.05, 0.1) is 29.5 Å². The molecule has 1 aliphatic carbocycles. The largest absolute Gasteiger partial charge is 0.494 e. The van der Waals surface area contributed by atoms with E-state index in [1.54, 1.807) is 0 Å². The predicted octanol–water partition coefficient (Wildman–Crippen LogP) is 2.52. The fourth-order valence-electron chi connectivity index (χ4n) is 4.00. The lowest BCUT2D eigenvalue weighted by molar-refractivity contribution is -0.123. The molecule has 0 aromatic heterocycles.